The lowest BCUT2D eigenvalue weighted by Gasteiger charge is -2.21. The summed E-state index contributed by atoms with van der Waals surface area (Å²) in [5, 5.41) is 0.736. The minimum Gasteiger partial charge on any atom is -0.340 e. The summed E-state index contributed by atoms with van der Waals surface area (Å²) in [4.78, 5) is 18.3. The first kappa shape index (κ1) is 14.6. The highest BCUT2D eigenvalue weighted by Crippen LogP contribution is 2.22. The van der Waals surface area contributed by atoms with Crippen LogP contribution in [0.25, 0.3) is 0 Å². The monoisotopic (exact) mass is 286 g/mol. The van der Waals surface area contributed by atoms with E-state index in [1.165, 1.54) is 11.8 Å². The van der Waals surface area contributed by atoms with E-state index in [0.29, 0.717) is 6.54 Å². The summed E-state index contributed by atoms with van der Waals surface area (Å²) in [6.45, 7) is 2.55. The lowest BCUT2D eigenvalue weighted by molar-refractivity contribution is -0.129. The van der Waals surface area contributed by atoms with Crippen LogP contribution in [0.3, 0.4) is 0 Å². The minimum absolute atomic E-state index is 0.115. The molecule has 2 aromatic rings. The zero-order valence-corrected chi connectivity index (χ0v) is 12.5. The van der Waals surface area contributed by atoms with E-state index in [2.05, 4.69) is 4.98 Å². The number of hydrogen-bond acceptors (Lipinski definition) is 3. The topological polar surface area (TPSA) is 33.2 Å². The molecule has 0 radical (unpaired) electrons. The fourth-order valence-electron chi connectivity index (χ4n) is 1.89. The number of carbonyl (C=O) groups is 1. The molecule has 1 atom stereocenters. The van der Waals surface area contributed by atoms with Gasteiger partial charge >= 0.3 is 0 Å². The van der Waals surface area contributed by atoms with Crippen LogP contribution in [0, 0.1) is 0 Å². The van der Waals surface area contributed by atoms with Crippen molar-refractivity contribution in [1.29, 1.82) is 0 Å². The van der Waals surface area contributed by atoms with Gasteiger partial charge in [-0.2, -0.15) is 0 Å². The second kappa shape index (κ2) is 7.10. The second-order valence-corrected chi connectivity index (χ2v) is 5.97. The Morgan fingerprint density at radius 1 is 1.20 bits per heavy atom. The smallest absolute Gasteiger partial charge is 0.235 e. The molecule has 0 fully saturated rings. The van der Waals surface area contributed by atoms with Gasteiger partial charge in [-0.1, -0.05) is 48.2 Å². The Hall–Kier alpha value is -1.81. The van der Waals surface area contributed by atoms with Crippen LogP contribution in [0.1, 0.15) is 12.5 Å². The number of rotatable bonds is 5. The van der Waals surface area contributed by atoms with Crippen molar-refractivity contribution in [2.24, 2.45) is 0 Å². The van der Waals surface area contributed by atoms with E-state index in [9.17, 15) is 4.79 Å². The molecule has 104 valence electrons. The van der Waals surface area contributed by atoms with Crippen LogP contribution in [0.15, 0.2) is 59.8 Å². The number of thioether (sulfide) groups is 1. The number of benzene rings is 1. The third-order valence-corrected chi connectivity index (χ3v) is 3.96. The van der Waals surface area contributed by atoms with Crippen molar-refractivity contribution in [1.82, 2.24) is 9.88 Å². The molecule has 0 aliphatic carbocycles. The molecule has 0 spiro atoms. The summed E-state index contributed by atoms with van der Waals surface area (Å²) < 4.78 is 0. The van der Waals surface area contributed by atoms with Crippen molar-refractivity contribution in [3.8, 4) is 0 Å². The summed E-state index contributed by atoms with van der Waals surface area (Å²) in [7, 11) is 1.84. The van der Waals surface area contributed by atoms with E-state index in [-0.39, 0.29) is 11.2 Å². The van der Waals surface area contributed by atoms with Gasteiger partial charge < -0.3 is 4.90 Å². The fourth-order valence-corrected chi connectivity index (χ4v) is 2.82. The highest BCUT2D eigenvalue weighted by Gasteiger charge is 2.19. The molecule has 4 heteroatoms. The molecule has 1 unspecified atom stereocenters. The maximum Gasteiger partial charge on any atom is 0.235 e. The van der Waals surface area contributed by atoms with E-state index in [1.807, 2.05) is 62.5 Å². The van der Waals surface area contributed by atoms with Gasteiger partial charge in [0.05, 0.1) is 10.3 Å². The number of carbonyl (C=O) groups excluding carboxylic acids is 1. The summed E-state index contributed by atoms with van der Waals surface area (Å²) in [6, 6.07) is 15.7. The van der Waals surface area contributed by atoms with Gasteiger partial charge in [0.25, 0.3) is 0 Å². The molecule has 0 aliphatic rings. The maximum atomic E-state index is 12.3. The molecular weight excluding hydrogens is 268 g/mol. The predicted molar refractivity (Wildman–Crippen MR) is 82.5 cm³/mol. The molecular formula is C16H18N2OS. The number of amides is 1. The first-order valence-electron chi connectivity index (χ1n) is 6.53. The van der Waals surface area contributed by atoms with Crippen LogP contribution < -0.4 is 0 Å². The van der Waals surface area contributed by atoms with Crippen LogP contribution in [0.5, 0.6) is 0 Å². The zero-order valence-electron chi connectivity index (χ0n) is 11.7. The van der Waals surface area contributed by atoms with E-state index >= 15 is 0 Å². The molecule has 1 heterocycles. The summed E-state index contributed by atoms with van der Waals surface area (Å²) in [5.74, 6) is 0.115. The molecule has 1 aromatic carbocycles. The third kappa shape index (κ3) is 4.10. The molecule has 0 N–H and O–H groups in total. The third-order valence-electron chi connectivity index (χ3n) is 2.92. The van der Waals surface area contributed by atoms with Gasteiger partial charge in [-0.25, -0.2) is 4.98 Å². The molecule has 0 saturated carbocycles. The van der Waals surface area contributed by atoms with Gasteiger partial charge in [-0.15, -0.1) is 0 Å². The fraction of sp³-hybridized carbons (Fsp3) is 0.250. The normalized spacial score (nSPS) is 11.9. The number of aromatic nitrogens is 1. The average Bonchev–Trinajstić information content (AvgIpc) is 2.48. The van der Waals surface area contributed by atoms with Crippen molar-refractivity contribution in [3.63, 3.8) is 0 Å². The quantitative estimate of drug-likeness (QED) is 0.791. The largest absolute Gasteiger partial charge is 0.340 e. The van der Waals surface area contributed by atoms with E-state index < -0.39 is 0 Å². The van der Waals surface area contributed by atoms with Crippen molar-refractivity contribution < 1.29 is 4.79 Å². The zero-order chi connectivity index (χ0) is 14.4. The lowest BCUT2D eigenvalue weighted by atomic mass is 10.2. The van der Waals surface area contributed by atoms with Crippen LogP contribution in [0.2, 0.25) is 0 Å². The first-order chi connectivity index (χ1) is 9.66. The van der Waals surface area contributed by atoms with E-state index in [0.717, 1.165) is 10.6 Å². The van der Waals surface area contributed by atoms with Gasteiger partial charge in [0, 0.05) is 19.8 Å². The molecule has 1 amide bonds. The number of hydrogen-bond donors (Lipinski definition) is 0. The highest BCUT2D eigenvalue weighted by molar-refractivity contribution is 8.00. The van der Waals surface area contributed by atoms with Gasteiger partial charge in [0.2, 0.25) is 5.91 Å². The number of nitrogens with zero attached hydrogens (tertiary/aromatic N) is 2. The Morgan fingerprint density at radius 3 is 2.55 bits per heavy atom. The van der Waals surface area contributed by atoms with Gasteiger partial charge in [-0.3, -0.25) is 4.79 Å². The molecule has 0 aliphatic heterocycles. The molecule has 2 rings (SSSR count). The molecule has 0 saturated heterocycles. The van der Waals surface area contributed by atoms with Crippen molar-refractivity contribution in [2.45, 2.75) is 23.7 Å². The lowest BCUT2D eigenvalue weighted by Crippen LogP contribution is -2.32. The van der Waals surface area contributed by atoms with Crippen molar-refractivity contribution in [2.75, 3.05) is 7.05 Å². The Kier molecular flexibility index (Phi) is 5.18. The van der Waals surface area contributed by atoms with Gasteiger partial charge in [-0.05, 0) is 24.6 Å². The number of pyridine rings is 1. The predicted octanol–water partition coefficient (Wildman–Crippen LogP) is 3.22. The molecule has 1 aromatic heterocycles. The highest BCUT2D eigenvalue weighted by atomic mass is 32.2. The standard InChI is InChI=1S/C16H18N2OS/c1-13(20-15-10-6-7-11-17-15)16(19)18(2)12-14-8-4-3-5-9-14/h3-11,13H,12H2,1-2H3. The Balaban J connectivity index is 1.93. The molecule has 20 heavy (non-hydrogen) atoms. The van der Waals surface area contributed by atoms with Crippen LogP contribution in [-0.2, 0) is 11.3 Å². The maximum absolute atomic E-state index is 12.3. The summed E-state index contributed by atoms with van der Waals surface area (Å²) in [6.07, 6.45) is 1.74. The van der Waals surface area contributed by atoms with Crippen LogP contribution in [0.4, 0.5) is 0 Å². The summed E-state index contributed by atoms with van der Waals surface area (Å²) in [5.41, 5.74) is 1.14. The average molecular weight is 286 g/mol. The second-order valence-electron chi connectivity index (χ2n) is 4.61. The first-order valence-corrected chi connectivity index (χ1v) is 7.41. The van der Waals surface area contributed by atoms with Gasteiger partial charge in [0.15, 0.2) is 0 Å². The Bertz CT molecular complexity index is 495. The van der Waals surface area contributed by atoms with E-state index in [1.54, 1.807) is 11.1 Å². The van der Waals surface area contributed by atoms with Gasteiger partial charge in [0.1, 0.15) is 0 Å². The van der Waals surface area contributed by atoms with Crippen molar-refractivity contribution >= 4 is 17.7 Å². The Labute approximate surface area is 124 Å². The molecule has 3 nitrogen and oxygen atoms in total. The SMILES string of the molecule is CC(Sc1ccccn1)C(=O)N(C)Cc1ccccc1. The van der Waals surface area contributed by atoms with Crippen LogP contribution >= 0.6 is 11.8 Å². The van der Waals surface area contributed by atoms with Crippen LogP contribution in [-0.4, -0.2) is 28.1 Å². The Morgan fingerprint density at radius 2 is 1.90 bits per heavy atom. The van der Waals surface area contributed by atoms with Crippen molar-refractivity contribution in [3.05, 3.63) is 60.3 Å². The summed E-state index contributed by atoms with van der Waals surface area (Å²) >= 11 is 1.49. The molecule has 0 bridgehead atoms. The van der Waals surface area contributed by atoms with E-state index in [4.69, 9.17) is 0 Å². The minimum atomic E-state index is -0.140.